The Kier molecular flexibility index (Phi) is 9.70. The molecule has 0 unspecified atom stereocenters. The van der Waals surface area contributed by atoms with Crippen LogP contribution in [0.3, 0.4) is 0 Å². The van der Waals surface area contributed by atoms with Crippen LogP contribution in [0.5, 0.6) is 0 Å². The van der Waals surface area contributed by atoms with E-state index in [4.69, 9.17) is 0 Å². The van der Waals surface area contributed by atoms with Crippen LogP contribution in [0.1, 0.15) is 78.3 Å². The highest BCUT2D eigenvalue weighted by Crippen LogP contribution is 2.33. The lowest BCUT2D eigenvalue weighted by molar-refractivity contribution is 0.0821. The third kappa shape index (κ3) is 8.83. The fraction of sp³-hybridized carbons (Fsp3) is 0.406. The van der Waals surface area contributed by atoms with Crippen LogP contribution in [0.25, 0.3) is 0 Å². The summed E-state index contributed by atoms with van der Waals surface area (Å²) in [6.45, 7) is 6.63. The van der Waals surface area contributed by atoms with Gasteiger partial charge in [-0.05, 0) is 83.7 Å². The van der Waals surface area contributed by atoms with Crippen LogP contribution in [0.4, 0.5) is 14.5 Å². The third-order valence-electron chi connectivity index (χ3n) is 7.18. The normalized spacial score (nSPS) is 16.8. The van der Waals surface area contributed by atoms with E-state index in [1.54, 1.807) is 0 Å². The van der Waals surface area contributed by atoms with Gasteiger partial charge >= 0.3 is 0 Å². The number of fused-ring (bicyclic) bond motifs is 1. The fourth-order valence-electron chi connectivity index (χ4n) is 5.48. The molecule has 0 bridgehead atoms. The third-order valence-corrected chi connectivity index (χ3v) is 7.78. The predicted molar refractivity (Wildman–Crippen MR) is 161 cm³/mol. The van der Waals surface area contributed by atoms with Gasteiger partial charge in [-0.1, -0.05) is 45.0 Å². The number of halogens is 2. The lowest BCUT2D eigenvalue weighted by Gasteiger charge is -2.31. The zero-order valence-corrected chi connectivity index (χ0v) is 25.2. The number of carbonyl (C=O) groups is 1. The predicted octanol–water partition coefficient (Wildman–Crippen LogP) is 5.42. The molecule has 4 N–H and O–H groups in total. The summed E-state index contributed by atoms with van der Waals surface area (Å²) >= 11 is 0. The molecule has 7 nitrogen and oxygen atoms in total. The lowest BCUT2D eigenvalue weighted by atomic mass is 9.82. The summed E-state index contributed by atoms with van der Waals surface area (Å²) in [5.74, 6) is -2.32. The van der Waals surface area contributed by atoms with Crippen LogP contribution in [-0.4, -0.2) is 38.3 Å². The number of nitrogens with one attached hydrogen (secondary N) is 3. The second-order valence-corrected chi connectivity index (χ2v) is 14.0. The molecular weight excluding hydrogens is 560 g/mol. The van der Waals surface area contributed by atoms with E-state index in [9.17, 15) is 27.1 Å². The van der Waals surface area contributed by atoms with Gasteiger partial charge in [-0.25, -0.2) is 17.2 Å². The van der Waals surface area contributed by atoms with Crippen molar-refractivity contribution >= 4 is 21.6 Å². The molecule has 3 aromatic rings. The molecule has 0 fully saturated rings. The molecule has 10 heteroatoms. The van der Waals surface area contributed by atoms with Crippen LogP contribution in [0.2, 0.25) is 0 Å². The van der Waals surface area contributed by atoms with Crippen LogP contribution in [0, 0.1) is 17.0 Å². The van der Waals surface area contributed by atoms with Gasteiger partial charge < -0.3 is 15.7 Å². The minimum atomic E-state index is -3.57. The summed E-state index contributed by atoms with van der Waals surface area (Å²) in [4.78, 5) is 13.2. The molecule has 0 saturated heterocycles. The second-order valence-electron chi connectivity index (χ2n) is 12.3. The number of aliphatic hydroxyl groups is 1. The molecule has 4 rings (SSSR count). The Balaban J connectivity index is 1.55. The molecule has 0 radical (unpaired) electrons. The van der Waals surface area contributed by atoms with Crippen molar-refractivity contribution in [3.63, 3.8) is 0 Å². The summed E-state index contributed by atoms with van der Waals surface area (Å²) in [5, 5.41) is 17.4. The first kappa shape index (κ1) is 31.6. The summed E-state index contributed by atoms with van der Waals surface area (Å²) in [6.07, 6.45) is 3.50. The number of sulfonamides is 1. The molecule has 42 heavy (non-hydrogen) atoms. The first-order chi connectivity index (χ1) is 19.7. The van der Waals surface area contributed by atoms with E-state index in [-0.39, 0.29) is 34.8 Å². The van der Waals surface area contributed by atoms with Crippen LogP contribution in [0.15, 0.2) is 60.7 Å². The van der Waals surface area contributed by atoms with E-state index in [0.29, 0.717) is 0 Å². The first-order valence-corrected chi connectivity index (χ1v) is 15.9. The number of aliphatic hydroxyl groups excluding tert-OH is 1. The Hall–Kier alpha value is -3.34. The van der Waals surface area contributed by atoms with Crippen LogP contribution < -0.4 is 15.4 Å². The van der Waals surface area contributed by atoms with E-state index in [1.165, 1.54) is 41.0 Å². The van der Waals surface area contributed by atoms with Crippen molar-refractivity contribution < 1.29 is 27.1 Å². The van der Waals surface area contributed by atoms with E-state index >= 15 is 0 Å². The number of anilines is 1. The van der Waals surface area contributed by atoms with Gasteiger partial charge in [0.1, 0.15) is 11.6 Å². The summed E-state index contributed by atoms with van der Waals surface area (Å²) in [6, 6.07) is 14.1. The number of benzene rings is 3. The number of aryl methyl sites for hydroxylation is 1. The van der Waals surface area contributed by atoms with Crippen molar-refractivity contribution in [3.8, 4) is 0 Å². The zero-order valence-electron chi connectivity index (χ0n) is 24.4. The topological polar surface area (TPSA) is 108 Å². The number of hydrogen-bond acceptors (Lipinski definition) is 5. The van der Waals surface area contributed by atoms with E-state index in [2.05, 4.69) is 54.3 Å². The van der Waals surface area contributed by atoms with Crippen LogP contribution >= 0.6 is 0 Å². The Bertz CT molecular complexity index is 1520. The van der Waals surface area contributed by atoms with Gasteiger partial charge in [0.2, 0.25) is 10.0 Å². The quantitative estimate of drug-likeness (QED) is 0.249. The fourth-order valence-corrected chi connectivity index (χ4v) is 6.04. The van der Waals surface area contributed by atoms with Gasteiger partial charge in [-0.3, -0.25) is 9.52 Å². The lowest BCUT2D eigenvalue weighted by Crippen LogP contribution is -2.42. The van der Waals surface area contributed by atoms with Crippen molar-refractivity contribution in [2.75, 3.05) is 17.5 Å². The zero-order chi connectivity index (χ0) is 30.7. The van der Waals surface area contributed by atoms with Gasteiger partial charge in [0.25, 0.3) is 5.91 Å². The van der Waals surface area contributed by atoms with Gasteiger partial charge in [0.15, 0.2) is 0 Å². The highest BCUT2D eigenvalue weighted by atomic mass is 32.2. The Labute approximate surface area is 246 Å². The summed E-state index contributed by atoms with van der Waals surface area (Å²) in [7, 11) is -3.57. The summed E-state index contributed by atoms with van der Waals surface area (Å²) in [5.41, 5.74) is 4.17. The molecule has 1 aliphatic carbocycles. The average molecular weight is 600 g/mol. The summed E-state index contributed by atoms with van der Waals surface area (Å²) < 4.78 is 54.0. The molecule has 3 aromatic carbocycles. The molecule has 0 saturated carbocycles. The van der Waals surface area contributed by atoms with E-state index < -0.39 is 39.7 Å². The van der Waals surface area contributed by atoms with Gasteiger partial charge in [-0.15, -0.1) is 0 Å². The number of rotatable bonds is 10. The SMILES string of the molecule is CC(C)(C)Cc1ccc2c(c1)[C@@H](NC[C@@H](O)[C@@H](NC(=O)c1cccc(NS(C)(=O)=O)c1)c1cc(F)cc(F)c1)CCC2. The number of carbonyl (C=O) groups excluding carboxylic acids is 1. The Morgan fingerprint density at radius 1 is 1.05 bits per heavy atom. The molecule has 0 aliphatic heterocycles. The molecule has 3 atom stereocenters. The monoisotopic (exact) mass is 599 g/mol. The number of amides is 1. The first-order valence-electron chi connectivity index (χ1n) is 14.0. The smallest absolute Gasteiger partial charge is 0.251 e. The highest BCUT2D eigenvalue weighted by molar-refractivity contribution is 7.92. The van der Waals surface area contributed by atoms with Crippen molar-refractivity contribution in [1.82, 2.24) is 10.6 Å². The molecule has 0 heterocycles. The molecule has 1 amide bonds. The van der Waals surface area contributed by atoms with Gasteiger partial charge in [0.05, 0.1) is 18.4 Å². The maximum atomic E-state index is 14.2. The highest BCUT2D eigenvalue weighted by Gasteiger charge is 2.28. The molecule has 0 aromatic heterocycles. The average Bonchev–Trinajstić information content (AvgIpc) is 2.88. The van der Waals surface area contributed by atoms with Crippen LogP contribution in [-0.2, 0) is 22.9 Å². The molecular formula is C32H39F2N3O4S. The molecule has 226 valence electrons. The number of hydrogen-bond donors (Lipinski definition) is 4. The Morgan fingerprint density at radius 3 is 2.43 bits per heavy atom. The molecule has 1 aliphatic rings. The maximum absolute atomic E-state index is 14.2. The van der Waals surface area contributed by atoms with Gasteiger partial charge in [-0.2, -0.15) is 0 Å². The minimum Gasteiger partial charge on any atom is -0.389 e. The minimum absolute atomic E-state index is 0.0253. The standard InChI is InChI=1S/C32H39F2N3O4S/c1-32(2,3)18-20-11-12-21-7-6-10-28(27(21)13-20)35-19-29(38)30(23-14-24(33)17-25(34)15-23)36-31(39)22-8-5-9-26(16-22)37-42(4,40)41/h5,8-9,11-17,28-30,35,37-38H,6-7,10,18-19H2,1-4H3,(H,36,39)/t28-,29+,30-/m0/s1. The van der Waals surface area contributed by atoms with Crippen molar-refractivity contribution in [1.29, 1.82) is 0 Å². The van der Waals surface area contributed by atoms with Crippen molar-refractivity contribution in [3.05, 3.63) is 100 Å². The van der Waals surface area contributed by atoms with Crippen molar-refractivity contribution in [2.24, 2.45) is 5.41 Å². The Morgan fingerprint density at radius 2 is 1.76 bits per heavy atom. The second kappa shape index (κ2) is 12.9. The van der Waals surface area contributed by atoms with E-state index in [1.807, 2.05) is 0 Å². The molecule has 0 spiro atoms. The van der Waals surface area contributed by atoms with E-state index in [0.717, 1.165) is 50.1 Å². The van der Waals surface area contributed by atoms with Gasteiger partial charge in [0, 0.05) is 29.9 Å². The maximum Gasteiger partial charge on any atom is 0.251 e. The largest absolute Gasteiger partial charge is 0.389 e. The van der Waals surface area contributed by atoms with Crippen molar-refractivity contribution in [2.45, 2.75) is 64.6 Å².